The van der Waals surface area contributed by atoms with Gasteiger partial charge in [-0.3, -0.25) is 9.59 Å². The van der Waals surface area contributed by atoms with Crippen molar-refractivity contribution in [1.29, 1.82) is 0 Å². The van der Waals surface area contributed by atoms with E-state index in [1.807, 2.05) is 35.2 Å². The van der Waals surface area contributed by atoms with E-state index in [1.54, 1.807) is 18.2 Å². The number of carbonyl (C=O) groups is 2. The average molecular weight is 365 g/mol. The molecule has 5 nitrogen and oxygen atoms in total. The van der Waals surface area contributed by atoms with Crippen molar-refractivity contribution in [3.63, 3.8) is 0 Å². The van der Waals surface area contributed by atoms with Crippen LogP contribution in [0.3, 0.4) is 0 Å². The van der Waals surface area contributed by atoms with Crippen LogP contribution in [-0.2, 0) is 6.42 Å². The van der Waals surface area contributed by atoms with Gasteiger partial charge in [-0.1, -0.05) is 43.3 Å². The molecule has 3 rings (SSSR count). The number of pyridine rings is 1. The van der Waals surface area contributed by atoms with Crippen molar-refractivity contribution in [3.8, 4) is 0 Å². The van der Waals surface area contributed by atoms with E-state index in [2.05, 4.69) is 17.2 Å². The molecule has 5 heteroatoms. The van der Waals surface area contributed by atoms with Crippen LogP contribution in [0, 0.1) is 0 Å². The first-order valence-corrected chi connectivity index (χ1v) is 9.79. The molecule has 1 saturated heterocycles. The maximum absolute atomic E-state index is 12.9. The molecule has 1 unspecified atom stereocenters. The lowest BCUT2D eigenvalue weighted by molar-refractivity contribution is 0.0602. The van der Waals surface area contributed by atoms with Gasteiger partial charge in [0, 0.05) is 19.1 Å². The van der Waals surface area contributed by atoms with E-state index in [4.69, 9.17) is 0 Å². The molecule has 1 atom stereocenters. The molecule has 142 valence electrons. The summed E-state index contributed by atoms with van der Waals surface area (Å²) in [7, 11) is 0. The van der Waals surface area contributed by atoms with Crippen LogP contribution in [0.25, 0.3) is 0 Å². The summed E-state index contributed by atoms with van der Waals surface area (Å²) in [5.74, 6) is -0.313. The zero-order valence-corrected chi connectivity index (χ0v) is 15.9. The molecular formula is C22H27N3O2. The predicted molar refractivity (Wildman–Crippen MR) is 106 cm³/mol. The summed E-state index contributed by atoms with van der Waals surface area (Å²) in [5.41, 5.74) is 1.82. The highest BCUT2D eigenvalue weighted by molar-refractivity contribution is 5.96. The number of piperidine rings is 1. The lowest BCUT2D eigenvalue weighted by atomic mass is 9.99. The van der Waals surface area contributed by atoms with Gasteiger partial charge in [-0.05, 0) is 49.8 Å². The first-order chi connectivity index (χ1) is 13.2. The standard InChI is InChI=1S/C22H27N3O2/c1-2-18-11-6-7-16-25(18)22(27)20-13-8-12-19(24-20)21(26)23-15-14-17-9-4-3-5-10-17/h3-5,8-10,12-13,18H,2,6-7,11,14-16H2,1H3,(H,23,26). The van der Waals surface area contributed by atoms with Crippen LogP contribution in [0.4, 0.5) is 0 Å². The van der Waals surface area contributed by atoms with Crippen LogP contribution in [0.2, 0.25) is 0 Å². The highest BCUT2D eigenvalue weighted by atomic mass is 16.2. The molecule has 0 spiro atoms. The quantitative estimate of drug-likeness (QED) is 0.853. The number of aromatic nitrogens is 1. The average Bonchev–Trinajstić information content (AvgIpc) is 2.74. The highest BCUT2D eigenvalue weighted by Crippen LogP contribution is 2.21. The number of hydrogen-bond acceptors (Lipinski definition) is 3. The molecule has 1 aromatic carbocycles. The summed E-state index contributed by atoms with van der Waals surface area (Å²) in [5, 5.41) is 2.89. The maximum atomic E-state index is 12.9. The third kappa shape index (κ3) is 4.94. The van der Waals surface area contributed by atoms with Crippen molar-refractivity contribution >= 4 is 11.8 Å². The fourth-order valence-corrected chi connectivity index (χ4v) is 3.58. The van der Waals surface area contributed by atoms with Crippen LogP contribution < -0.4 is 5.32 Å². The molecule has 1 fully saturated rings. The van der Waals surface area contributed by atoms with Crippen molar-refractivity contribution in [2.24, 2.45) is 0 Å². The van der Waals surface area contributed by atoms with Gasteiger partial charge in [0.25, 0.3) is 11.8 Å². The SMILES string of the molecule is CCC1CCCCN1C(=O)c1cccc(C(=O)NCCc2ccccc2)n1. The predicted octanol–water partition coefficient (Wildman–Crippen LogP) is 3.46. The molecule has 0 saturated carbocycles. The van der Waals surface area contributed by atoms with Crippen molar-refractivity contribution in [2.45, 2.75) is 45.1 Å². The minimum Gasteiger partial charge on any atom is -0.350 e. The van der Waals surface area contributed by atoms with Gasteiger partial charge in [-0.2, -0.15) is 0 Å². The monoisotopic (exact) mass is 365 g/mol. The smallest absolute Gasteiger partial charge is 0.272 e. The number of amides is 2. The number of nitrogens with one attached hydrogen (secondary N) is 1. The van der Waals surface area contributed by atoms with Crippen LogP contribution >= 0.6 is 0 Å². The maximum Gasteiger partial charge on any atom is 0.272 e. The van der Waals surface area contributed by atoms with Gasteiger partial charge in [0.15, 0.2) is 0 Å². The Morgan fingerprint density at radius 1 is 1.07 bits per heavy atom. The van der Waals surface area contributed by atoms with E-state index in [9.17, 15) is 9.59 Å². The Labute approximate surface area is 160 Å². The van der Waals surface area contributed by atoms with E-state index >= 15 is 0 Å². The summed E-state index contributed by atoms with van der Waals surface area (Å²) in [4.78, 5) is 31.5. The highest BCUT2D eigenvalue weighted by Gasteiger charge is 2.27. The summed E-state index contributed by atoms with van der Waals surface area (Å²) in [6.07, 6.45) is 4.95. The van der Waals surface area contributed by atoms with Gasteiger partial charge in [0.1, 0.15) is 11.4 Å². The van der Waals surface area contributed by atoms with Gasteiger partial charge in [0.2, 0.25) is 0 Å². The molecule has 0 aliphatic carbocycles. The van der Waals surface area contributed by atoms with E-state index < -0.39 is 0 Å². The summed E-state index contributed by atoms with van der Waals surface area (Å²) < 4.78 is 0. The number of rotatable bonds is 6. The molecule has 1 aliphatic rings. The molecule has 27 heavy (non-hydrogen) atoms. The zero-order chi connectivity index (χ0) is 19.1. The summed E-state index contributed by atoms with van der Waals surface area (Å²) in [6, 6.07) is 15.4. The molecule has 0 bridgehead atoms. The van der Waals surface area contributed by atoms with Gasteiger partial charge < -0.3 is 10.2 Å². The minimum atomic E-state index is -0.244. The Balaban J connectivity index is 1.62. The van der Waals surface area contributed by atoms with Crippen LogP contribution in [0.1, 0.15) is 59.1 Å². The number of carbonyl (C=O) groups excluding carboxylic acids is 2. The van der Waals surface area contributed by atoms with Crippen LogP contribution in [0.5, 0.6) is 0 Å². The minimum absolute atomic E-state index is 0.0690. The topological polar surface area (TPSA) is 62.3 Å². The first kappa shape index (κ1) is 19.1. The number of likely N-dealkylation sites (tertiary alicyclic amines) is 1. The Hall–Kier alpha value is -2.69. The van der Waals surface area contributed by atoms with E-state index in [0.717, 1.165) is 32.2 Å². The molecule has 1 N–H and O–H groups in total. The lowest BCUT2D eigenvalue weighted by Gasteiger charge is -2.35. The van der Waals surface area contributed by atoms with Crippen molar-refractivity contribution in [1.82, 2.24) is 15.2 Å². The normalized spacial score (nSPS) is 16.8. The summed E-state index contributed by atoms with van der Waals surface area (Å²) in [6.45, 7) is 3.42. The van der Waals surface area contributed by atoms with E-state index in [1.165, 1.54) is 12.0 Å². The third-order valence-corrected chi connectivity index (χ3v) is 5.10. The second-order valence-corrected chi connectivity index (χ2v) is 6.96. The van der Waals surface area contributed by atoms with Gasteiger partial charge in [0.05, 0.1) is 0 Å². The molecule has 0 radical (unpaired) electrons. The van der Waals surface area contributed by atoms with Crippen LogP contribution in [0.15, 0.2) is 48.5 Å². The second-order valence-electron chi connectivity index (χ2n) is 6.96. The molecule has 2 heterocycles. The Morgan fingerprint density at radius 3 is 2.63 bits per heavy atom. The van der Waals surface area contributed by atoms with Gasteiger partial charge in [-0.25, -0.2) is 4.98 Å². The van der Waals surface area contributed by atoms with E-state index in [-0.39, 0.29) is 17.9 Å². The Morgan fingerprint density at radius 2 is 1.85 bits per heavy atom. The lowest BCUT2D eigenvalue weighted by Crippen LogP contribution is -2.43. The molecule has 1 aliphatic heterocycles. The van der Waals surface area contributed by atoms with Gasteiger partial charge in [-0.15, -0.1) is 0 Å². The number of nitrogens with zero attached hydrogens (tertiary/aromatic N) is 2. The molecule has 2 aromatic rings. The van der Waals surface area contributed by atoms with Gasteiger partial charge >= 0.3 is 0 Å². The number of hydrogen-bond donors (Lipinski definition) is 1. The van der Waals surface area contributed by atoms with Crippen molar-refractivity contribution in [2.75, 3.05) is 13.1 Å². The molecular weight excluding hydrogens is 338 g/mol. The van der Waals surface area contributed by atoms with Crippen molar-refractivity contribution in [3.05, 3.63) is 65.5 Å². The zero-order valence-electron chi connectivity index (χ0n) is 15.9. The largest absolute Gasteiger partial charge is 0.350 e. The third-order valence-electron chi connectivity index (χ3n) is 5.10. The molecule has 1 aromatic heterocycles. The fourth-order valence-electron chi connectivity index (χ4n) is 3.58. The first-order valence-electron chi connectivity index (χ1n) is 9.79. The fraction of sp³-hybridized carbons (Fsp3) is 0.409. The summed E-state index contributed by atoms with van der Waals surface area (Å²) >= 11 is 0. The molecule has 2 amide bonds. The second kappa shape index (κ2) is 9.31. The number of benzene rings is 1. The van der Waals surface area contributed by atoms with Crippen LogP contribution in [-0.4, -0.2) is 40.8 Å². The van der Waals surface area contributed by atoms with E-state index in [0.29, 0.717) is 17.9 Å². The Kier molecular flexibility index (Phi) is 6.58. The van der Waals surface area contributed by atoms with Crippen molar-refractivity contribution < 1.29 is 9.59 Å². The Bertz CT molecular complexity index is 776.